The van der Waals surface area contributed by atoms with E-state index in [9.17, 15) is 5.11 Å². The monoisotopic (exact) mass is 279 g/mol. The van der Waals surface area contributed by atoms with Gasteiger partial charge in [-0.1, -0.05) is 6.42 Å². The first kappa shape index (κ1) is 15.5. The number of aryl methyl sites for hydroxylation is 2. The van der Waals surface area contributed by atoms with Crippen LogP contribution in [0.4, 0.5) is 0 Å². The fourth-order valence-corrected chi connectivity index (χ4v) is 3.06. The highest BCUT2D eigenvalue weighted by Crippen LogP contribution is 2.20. The number of unbranched alkanes of at least 4 members (excludes halogenated alkanes) is 2. The fourth-order valence-electron chi connectivity index (χ4n) is 3.06. The average Bonchev–Trinajstić information content (AvgIpc) is 2.84. The molecule has 0 aromatic carbocycles. The quantitative estimate of drug-likeness (QED) is 0.780. The lowest BCUT2D eigenvalue weighted by atomic mass is 9.93. The third-order valence-corrected chi connectivity index (χ3v) is 4.35. The number of rotatable bonds is 7. The Bertz CT molecular complexity index is 389. The fraction of sp³-hybridized carbons (Fsp3) is 0.812. The first-order valence-electron chi connectivity index (χ1n) is 8.04. The zero-order valence-electron chi connectivity index (χ0n) is 13.0. The molecule has 2 rings (SSSR count). The van der Waals surface area contributed by atoms with Gasteiger partial charge in [0.15, 0.2) is 0 Å². The van der Waals surface area contributed by atoms with E-state index in [0.717, 1.165) is 13.1 Å². The van der Waals surface area contributed by atoms with E-state index in [0.29, 0.717) is 5.92 Å². The van der Waals surface area contributed by atoms with Gasteiger partial charge in [-0.05, 0) is 64.1 Å². The Morgan fingerprint density at radius 2 is 2.15 bits per heavy atom. The molecule has 0 amide bonds. The highest BCUT2D eigenvalue weighted by atomic mass is 16.3. The summed E-state index contributed by atoms with van der Waals surface area (Å²) < 4.78 is 2.04. The minimum absolute atomic E-state index is 0.152. The Hall–Kier alpha value is -0.870. The van der Waals surface area contributed by atoms with Crippen LogP contribution in [0, 0.1) is 12.8 Å². The Kier molecular flexibility index (Phi) is 6.05. The number of nitrogens with zero attached hydrogens (tertiary/aromatic N) is 3. The van der Waals surface area contributed by atoms with Gasteiger partial charge in [-0.25, -0.2) is 0 Å². The maximum Gasteiger partial charge on any atom is 0.0552 e. The number of hydrogen-bond acceptors (Lipinski definition) is 3. The lowest BCUT2D eigenvalue weighted by Gasteiger charge is -2.34. The molecule has 1 aromatic rings. The smallest absolute Gasteiger partial charge is 0.0552 e. The van der Waals surface area contributed by atoms with Gasteiger partial charge in [0.1, 0.15) is 0 Å². The standard InChI is InChI=1S/C16H29N3O/c1-14-11-17-19(12-14)10-5-3-4-8-18-9-6-7-16(13-18)15(2)20/h11-12,15-16,20H,3-10,13H2,1-2H3. The molecule has 0 radical (unpaired) electrons. The molecule has 0 aliphatic carbocycles. The van der Waals surface area contributed by atoms with Crippen molar-refractivity contribution in [1.82, 2.24) is 14.7 Å². The second-order valence-electron chi connectivity index (χ2n) is 6.28. The van der Waals surface area contributed by atoms with Crippen LogP contribution in [0.2, 0.25) is 0 Å². The van der Waals surface area contributed by atoms with Gasteiger partial charge >= 0.3 is 0 Å². The molecule has 2 unspecified atom stereocenters. The van der Waals surface area contributed by atoms with Crippen molar-refractivity contribution in [3.63, 3.8) is 0 Å². The normalized spacial score (nSPS) is 22.1. The van der Waals surface area contributed by atoms with E-state index >= 15 is 0 Å². The van der Waals surface area contributed by atoms with Crippen molar-refractivity contribution >= 4 is 0 Å². The van der Waals surface area contributed by atoms with Crippen molar-refractivity contribution in [2.45, 2.75) is 58.6 Å². The molecular formula is C16H29N3O. The van der Waals surface area contributed by atoms with Gasteiger partial charge in [-0.3, -0.25) is 4.68 Å². The van der Waals surface area contributed by atoms with E-state index in [1.54, 1.807) is 0 Å². The molecule has 0 saturated carbocycles. The molecule has 0 spiro atoms. The summed E-state index contributed by atoms with van der Waals surface area (Å²) in [6.45, 7) is 8.52. The number of aliphatic hydroxyl groups is 1. The molecule has 2 atom stereocenters. The van der Waals surface area contributed by atoms with Crippen LogP contribution in [0.5, 0.6) is 0 Å². The molecule has 1 aliphatic heterocycles. The number of aliphatic hydroxyl groups excluding tert-OH is 1. The summed E-state index contributed by atoms with van der Waals surface area (Å²) in [5.41, 5.74) is 1.24. The van der Waals surface area contributed by atoms with Gasteiger partial charge in [0.25, 0.3) is 0 Å². The third kappa shape index (κ3) is 4.91. The van der Waals surface area contributed by atoms with Crippen LogP contribution in [0.3, 0.4) is 0 Å². The van der Waals surface area contributed by atoms with Crippen molar-refractivity contribution in [1.29, 1.82) is 0 Å². The molecule has 20 heavy (non-hydrogen) atoms. The van der Waals surface area contributed by atoms with Crippen LogP contribution < -0.4 is 0 Å². The van der Waals surface area contributed by atoms with Crippen LogP contribution in [0.15, 0.2) is 12.4 Å². The summed E-state index contributed by atoms with van der Waals surface area (Å²) in [6.07, 6.45) is 10.0. The molecule has 1 aromatic heterocycles. The molecular weight excluding hydrogens is 250 g/mol. The van der Waals surface area contributed by atoms with Gasteiger partial charge in [0.05, 0.1) is 12.3 Å². The topological polar surface area (TPSA) is 41.3 Å². The highest BCUT2D eigenvalue weighted by Gasteiger charge is 2.22. The van der Waals surface area contributed by atoms with Crippen LogP contribution in [0.25, 0.3) is 0 Å². The van der Waals surface area contributed by atoms with Crippen LogP contribution in [0.1, 0.15) is 44.6 Å². The van der Waals surface area contributed by atoms with Crippen molar-refractivity contribution in [2.75, 3.05) is 19.6 Å². The maximum atomic E-state index is 9.70. The summed E-state index contributed by atoms with van der Waals surface area (Å²) in [7, 11) is 0. The van der Waals surface area contributed by atoms with E-state index in [1.807, 2.05) is 17.8 Å². The Morgan fingerprint density at radius 1 is 1.35 bits per heavy atom. The second-order valence-corrected chi connectivity index (χ2v) is 6.28. The van der Waals surface area contributed by atoms with Crippen LogP contribution >= 0.6 is 0 Å². The molecule has 2 heterocycles. The van der Waals surface area contributed by atoms with E-state index in [-0.39, 0.29) is 6.10 Å². The third-order valence-electron chi connectivity index (χ3n) is 4.35. The zero-order valence-corrected chi connectivity index (χ0v) is 13.0. The van der Waals surface area contributed by atoms with Gasteiger partial charge in [-0.2, -0.15) is 5.10 Å². The minimum atomic E-state index is -0.152. The molecule has 1 N–H and O–H groups in total. The van der Waals surface area contributed by atoms with Gasteiger partial charge in [0, 0.05) is 19.3 Å². The van der Waals surface area contributed by atoms with Crippen LogP contribution in [-0.2, 0) is 6.54 Å². The first-order valence-corrected chi connectivity index (χ1v) is 8.04. The van der Waals surface area contributed by atoms with Gasteiger partial charge in [-0.15, -0.1) is 0 Å². The van der Waals surface area contributed by atoms with E-state index in [4.69, 9.17) is 0 Å². The Morgan fingerprint density at radius 3 is 2.85 bits per heavy atom. The number of likely N-dealkylation sites (tertiary alicyclic amines) is 1. The number of hydrogen-bond donors (Lipinski definition) is 1. The van der Waals surface area contributed by atoms with E-state index < -0.39 is 0 Å². The highest BCUT2D eigenvalue weighted by molar-refractivity contribution is 4.99. The predicted molar refractivity (Wildman–Crippen MR) is 81.7 cm³/mol. The summed E-state index contributed by atoms with van der Waals surface area (Å²) in [6, 6.07) is 0. The summed E-state index contributed by atoms with van der Waals surface area (Å²) in [5, 5.41) is 14.0. The minimum Gasteiger partial charge on any atom is -0.393 e. The lowest BCUT2D eigenvalue weighted by Crippen LogP contribution is -2.39. The number of aromatic nitrogens is 2. The summed E-state index contributed by atoms with van der Waals surface area (Å²) in [5.74, 6) is 0.482. The maximum absolute atomic E-state index is 9.70. The Balaban J connectivity index is 1.56. The molecule has 4 nitrogen and oxygen atoms in total. The second kappa shape index (κ2) is 7.79. The molecule has 114 valence electrons. The molecule has 4 heteroatoms. The van der Waals surface area contributed by atoms with E-state index in [1.165, 1.54) is 50.8 Å². The summed E-state index contributed by atoms with van der Waals surface area (Å²) >= 11 is 0. The average molecular weight is 279 g/mol. The van der Waals surface area contributed by atoms with Crippen molar-refractivity contribution in [3.05, 3.63) is 18.0 Å². The number of piperidine rings is 1. The lowest BCUT2D eigenvalue weighted by molar-refractivity contribution is 0.0622. The Labute approximate surface area is 122 Å². The van der Waals surface area contributed by atoms with Crippen molar-refractivity contribution in [2.24, 2.45) is 5.92 Å². The SMILES string of the molecule is Cc1cnn(CCCCCN2CCCC(C(C)O)C2)c1. The zero-order chi connectivity index (χ0) is 14.4. The van der Waals surface area contributed by atoms with Crippen molar-refractivity contribution in [3.8, 4) is 0 Å². The predicted octanol–water partition coefficient (Wildman–Crippen LogP) is 2.45. The molecule has 0 bridgehead atoms. The first-order chi connectivity index (χ1) is 9.65. The molecule has 1 aliphatic rings. The largest absolute Gasteiger partial charge is 0.393 e. The van der Waals surface area contributed by atoms with E-state index in [2.05, 4.69) is 23.1 Å². The molecule has 1 fully saturated rings. The van der Waals surface area contributed by atoms with Crippen molar-refractivity contribution < 1.29 is 5.11 Å². The molecule has 1 saturated heterocycles. The van der Waals surface area contributed by atoms with Crippen LogP contribution in [-0.4, -0.2) is 45.5 Å². The van der Waals surface area contributed by atoms with Gasteiger partial charge < -0.3 is 10.0 Å². The van der Waals surface area contributed by atoms with Gasteiger partial charge in [0.2, 0.25) is 0 Å². The summed E-state index contributed by atoms with van der Waals surface area (Å²) in [4.78, 5) is 2.53.